The number of carbonyl (C=O) groups excluding carboxylic acids is 1. The predicted molar refractivity (Wildman–Crippen MR) is 81.6 cm³/mol. The highest BCUT2D eigenvalue weighted by Crippen LogP contribution is 2.13. The van der Waals surface area contributed by atoms with E-state index in [4.69, 9.17) is 4.74 Å². The van der Waals surface area contributed by atoms with E-state index in [0.717, 1.165) is 17.0 Å². The minimum absolute atomic E-state index is 0.278. The Morgan fingerprint density at radius 3 is 2.95 bits per heavy atom. The van der Waals surface area contributed by atoms with E-state index in [1.54, 1.807) is 25.6 Å². The summed E-state index contributed by atoms with van der Waals surface area (Å²) in [6.07, 6.45) is 5.07. The number of nitrogens with zero attached hydrogens (tertiary/aromatic N) is 1. The Labute approximate surface area is 123 Å². The monoisotopic (exact) mass is 283 g/mol. The lowest BCUT2D eigenvalue weighted by Gasteiger charge is -2.04. The van der Waals surface area contributed by atoms with Crippen molar-refractivity contribution in [1.82, 2.24) is 15.6 Å². The first-order valence-electron chi connectivity index (χ1n) is 6.53. The SMILES string of the molecule is COc1cccc(/C=C/NC(=O)NCc2ccccn2)c1. The summed E-state index contributed by atoms with van der Waals surface area (Å²) >= 11 is 0. The number of methoxy groups -OCH3 is 1. The molecule has 0 aliphatic carbocycles. The molecule has 5 nitrogen and oxygen atoms in total. The molecule has 1 heterocycles. The minimum atomic E-state index is -0.278. The van der Waals surface area contributed by atoms with Crippen LogP contribution in [0.25, 0.3) is 6.08 Å². The molecule has 0 bridgehead atoms. The van der Waals surface area contributed by atoms with Crippen molar-refractivity contribution < 1.29 is 9.53 Å². The van der Waals surface area contributed by atoms with Crippen molar-refractivity contribution in [2.24, 2.45) is 0 Å². The van der Waals surface area contributed by atoms with Gasteiger partial charge in [0.25, 0.3) is 0 Å². The fraction of sp³-hybridized carbons (Fsp3) is 0.125. The van der Waals surface area contributed by atoms with Crippen LogP contribution in [0.1, 0.15) is 11.3 Å². The van der Waals surface area contributed by atoms with Crippen LogP contribution in [0.2, 0.25) is 0 Å². The Morgan fingerprint density at radius 2 is 2.19 bits per heavy atom. The molecule has 2 N–H and O–H groups in total. The molecule has 0 saturated carbocycles. The largest absolute Gasteiger partial charge is 0.497 e. The molecule has 0 unspecified atom stereocenters. The second-order valence-electron chi connectivity index (χ2n) is 4.26. The third kappa shape index (κ3) is 4.99. The molecular formula is C16H17N3O2. The van der Waals surface area contributed by atoms with E-state index in [9.17, 15) is 4.79 Å². The van der Waals surface area contributed by atoms with Crippen LogP contribution in [0.3, 0.4) is 0 Å². The maximum Gasteiger partial charge on any atom is 0.319 e. The summed E-state index contributed by atoms with van der Waals surface area (Å²) in [5.41, 5.74) is 1.75. The van der Waals surface area contributed by atoms with Gasteiger partial charge in [0, 0.05) is 12.4 Å². The number of rotatable bonds is 5. The first-order valence-corrected chi connectivity index (χ1v) is 6.53. The molecule has 0 saturated heterocycles. The fourth-order valence-electron chi connectivity index (χ4n) is 1.68. The second-order valence-corrected chi connectivity index (χ2v) is 4.26. The van der Waals surface area contributed by atoms with Gasteiger partial charge in [-0.3, -0.25) is 4.98 Å². The van der Waals surface area contributed by atoms with Gasteiger partial charge in [0.05, 0.1) is 19.3 Å². The van der Waals surface area contributed by atoms with Crippen LogP contribution in [0.4, 0.5) is 4.79 Å². The number of amides is 2. The molecule has 0 aliphatic heterocycles. The van der Waals surface area contributed by atoms with Gasteiger partial charge in [-0.2, -0.15) is 0 Å². The summed E-state index contributed by atoms with van der Waals surface area (Å²) in [6, 6.07) is 12.8. The molecule has 21 heavy (non-hydrogen) atoms. The van der Waals surface area contributed by atoms with Crippen LogP contribution in [-0.4, -0.2) is 18.1 Å². The number of urea groups is 1. The molecule has 2 amide bonds. The van der Waals surface area contributed by atoms with Crippen LogP contribution < -0.4 is 15.4 Å². The van der Waals surface area contributed by atoms with E-state index < -0.39 is 0 Å². The Balaban J connectivity index is 1.79. The van der Waals surface area contributed by atoms with E-state index in [0.29, 0.717) is 6.54 Å². The molecule has 0 spiro atoms. The zero-order chi connectivity index (χ0) is 14.9. The summed E-state index contributed by atoms with van der Waals surface area (Å²) in [4.78, 5) is 15.7. The Kier molecular flexibility index (Phi) is 5.34. The highest BCUT2D eigenvalue weighted by atomic mass is 16.5. The first-order chi connectivity index (χ1) is 10.3. The summed E-state index contributed by atoms with van der Waals surface area (Å²) in [5, 5.41) is 5.36. The molecule has 1 aromatic heterocycles. The summed E-state index contributed by atoms with van der Waals surface area (Å²) in [6.45, 7) is 0.389. The maximum absolute atomic E-state index is 11.6. The van der Waals surface area contributed by atoms with Crippen LogP contribution in [0, 0.1) is 0 Å². The van der Waals surface area contributed by atoms with Gasteiger partial charge in [0.2, 0.25) is 0 Å². The lowest BCUT2D eigenvalue weighted by molar-refractivity contribution is 0.243. The average Bonchev–Trinajstić information content (AvgIpc) is 2.54. The van der Waals surface area contributed by atoms with Gasteiger partial charge >= 0.3 is 6.03 Å². The lowest BCUT2D eigenvalue weighted by Crippen LogP contribution is -2.31. The number of benzene rings is 1. The molecule has 0 atom stereocenters. The highest BCUT2D eigenvalue weighted by molar-refractivity contribution is 5.75. The maximum atomic E-state index is 11.6. The van der Waals surface area contributed by atoms with Crippen LogP contribution in [0.5, 0.6) is 5.75 Å². The van der Waals surface area contributed by atoms with Crippen LogP contribution in [-0.2, 0) is 6.54 Å². The highest BCUT2D eigenvalue weighted by Gasteiger charge is 1.98. The van der Waals surface area contributed by atoms with Crippen LogP contribution in [0.15, 0.2) is 54.9 Å². The Hall–Kier alpha value is -2.82. The topological polar surface area (TPSA) is 63.2 Å². The molecule has 0 aliphatic rings. The van der Waals surface area contributed by atoms with Crippen molar-refractivity contribution in [2.75, 3.05) is 7.11 Å². The van der Waals surface area contributed by atoms with Gasteiger partial charge in [-0.1, -0.05) is 18.2 Å². The molecule has 0 radical (unpaired) electrons. The van der Waals surface area contributed by atoms with E-state index in [1.165, 1.54) is 0 Å². The van der Waals surface area contributed by atoms with Crippen molar-refractivity contribution in [3.63, 3.8) is 0 Å². The zero-order valence-corrected chi connectivity index (χ0v) is 11.7. The van der Waals surface area contributed by atoms with Gasteiger partial charge in [-0.05, 0) is 35.9 Å². The normalized spacial score (nSPS) is 10.3. The fourth-order valence-corrected chi connectivity index (χ4v) is 1.68. The number of hydrogen-bond acceptors (Lipinski definition) is 3. The van der Waals surface area contributed by atoms with Crippen molar-refractivity contribution >= 4 is 12.1 Å². The molecule has 1 aromatic carbocycles. The first kappa shape index (κ1) is 14.6. The average molecular weight is 283 g/mol. The van der Waals surface area contributed by atoms with Gasteiger partial charge in [0.15, 0.2) is 0 Å². The van der Waals surface area contributed by atoms with E-state index in [-0.39, 0.29) is 6.03 Å². The number of ether oxygens (including phenoxy) is 1. The number of nitrogens with one attached hydrogen (secondary N) is 2. The second kappa shape index (κ2) is 7.69. The van der Waals surface area contributed by atoms with Gasteiger partial charge in [-0.25, -0.2) is 4.79 Å². The Morgan fingerprint density at radius 1 is 1.29 bits per heavy atom. The third-order valence-corrected chi connectivity index (χ3v) is 2.74. The molecular weight excluding hydrogens is 266 g/mol. The van der Waals surface area contributed by atoms with Gasteiger partial charge in [-0.15, -0.1) is 0 Å². The third-order valence-electron chi connectivity index (χ3n) is 2.74. The smallest absolute Gasteiger partial charge is 0.319 e. The standard InChI is InChI=1S/C16H17N3O2/c1-21-15-7-4-5-13(11-15)8-10-18-16(20)19-12-14-6-2-3-9-17-14/h2-11H,12H2,1H3,(H2,18,19,20)/b10-8+. The van der Waals surface area contributed by atoms with Gasteiger partial charge in [0.1, 0.15) is 5.75 Å². The van der Waals surface area contributed by atoms with Crippen LogP contribution >= 0.6 is 0 Å². The Bertz CT molecular complexity index is 612. The minimum Gasteiger partial charge on any atom is -0.497 e. The molecule has 2 rings (SSSR count). The van der Waals surface area contributed by atoms with Crippen molar-refractivity contribution in [3.8, 4) is 5.75 Å². The summed E-state index contributed by atoms with van der Waals surface area (Å²) in [7, 11) is 1.62. The number of pyridine rings is 1. The van der Waals surface area contributed by atoms with E-state index >= 15 is 0 Å². The number of hydrogen-bond donors (Lipinski definition) is 2. The zero-order valence-electron chi connectivity index (χ0n) is 11.7. The molecule has 0 fully saturated rings. The van der Waals surface area contributed by atoms with Gasteiger partial charge < -0.3 is 15.4 Å². The summed E-state index contributed by atoms with van der Waals surface area (Å²) < 4.78 is 5.13. The number of carbonyl (C=O) groups is 1. The van der Waals surface area contributed by atoms with Crippen molar-refractivity contribution in [2.45, 2.75) is 6.54 Å². The molecule has 5 heteroatoms. The molecule has 108 valence electrons. The number of aromatic nitrogens is 1. The summed E-state index contributed by atoms with van der Waals surface area (Å²) in [5.74, 6) is 0.775. The predicted octanol–water partition coefficient (Wildman–Crippen LogP) is 2.56. The quantitative estimate of drug-likeness (QED) is 0.886. The van der Waals surface area contributed by atoms with E-state index in [1.807, 2.05) is 42.5 Å². The lowest BCUT2D eigenvalue weighted by atomic mass is 10.2. The van der Waals surface area contributed by atoms with Crippen molar-refractivity contribution in [3.05, 3.63) is 66.1 Å². The molecule has 2 aromatic rings. The van der Waals surface area contributed by atoms with E-state index in [2.05, 4.69) is 15.6 Å². The van der Waals surface area contributed by atoms with Crippen molar-refractivity contribution in [1.29, 1.82) is 0 Å².